The van der Waals surface area contributed by atoms with Crippen molar-refractivity contribution in [3.05, 3.63) is 77.0 Å². The van der Waals surface area contributed by atoms with E-state index in [2.05, 4.69) is 36.2 Å². The molecule has 0 unspecified atom stereocenters. The predicted octanol–water partition coefficient (Wildman–Crippen LogP) is 3.91. The molecule has 0 saturated carbocycles. The van der Waals surface area contributed by atoms with Crippen molar-refractivity contribution in [2.24, 2.45) is 4.99 Å². The lowest BCUT2D eigenvalue weighted by Gasteiger charge is -2.17. The summed E-state index contributed by atoms with van der Waals surface area (Å²) in [7, 11) is 1.68. The third-order valence-corrected chi connectivity index (χ3v) is 5.60. The second-order valence-electron chi connectivity index (χ2n) is 7.17. The van der Waals surface area contributed by atoms with Crippen molar-refractivity contribution in [1.82, 2.24) is 14.5 Å². The van der Waals surface area contributed by atoms with Crippen LogP contribution in [0.4, 0.5) is 11.5 Å². The lowest BCUT2D eigenvalue weighted by molar-refractivity contribution is 0.102. The number of fused-ring (bicyclic) bond motifs is 3. The molecule has 0 bridgehead atoms. The van der Waals surface area contributed by atoms with Crippen LogP contribution in [0.2, 0.25) is 5.02 Å². The predicted molar refractivity (Wildman–Crippen MR) is 121 cm³/mol. The van der Waals surface area contributed by atoms with Gasteiger partial charge in [0, 0.05) is 43.0 Å². The van der Waals surface area contributed by atoms with E-state index in [-0.39, 0.29) is 5.91 Å². The van der Waals surface area contributed by atoms with Gasteiger partial charge in [0.15, 0.2) is 0 Å². The molecule has 2 aromatic carbocycles. The standard InChI is InChI=1S/C23H19ClN6O/c1-25-23-27-13-16-12-17(21-26-10-11-30(21)20(16)29-23)14-6-8-15(9-7-14)22(31)28-19-5-3-2-4-18(19)24/h2-9,12-13,26H,10-11H2,1H3,(H,28,31). The highest BCUT2D eigenvalue weighted by atomic mass is 35.5. The van der Waals surface area contributed by atoms with Gasteiger partial charge < -0.3 is 15.2 Å². The van der Waals surface area contributed by atoms with Gasteiger partial charge in [-0.2, -0.15) is 4.98 Å². The number of nitrogens with zero attached hydrogens (tertiary/aromatic N) is 4. The van der Waals surface area contributed by atoms with E-state index < -0.39 is 0 Å². The number of benzene rings is 2. The van der Waals surface area contributed by atoms with Crippen LogP contribution in [0.3, 0.4) is 0 Å². The number of hydrogen-bond donors (Lipinski definition) is 2. The number of amides is 1. The van der Waals surface area contributed by atoms with E-state index in [0.29, 0.717) is 21.9 Å². The maximum absolute atomic E-state index is 12.6. The number of aromatic nitrogens is 3. The Morgan fingerprint density at radius 3 is 2.74 bits per heavy atom. The molecule has 3 aliphatic heterocycles. The normalized spacial score (nSPS) is 13.2. The van der Waals surface area contributed by atoms with Crippen molar-refractivity contribution in [2.75, 3.05) is 24.2 Å². The van der Waals surface area contributed by atoms with Crippen molar-refractivity contribution in [1.29, 1.82) is 0 Å². The first-order chi connectivity index (χ1) is 15.1. The third-order valence-electron chi connectivity index (χ3n) is 5.27. The lowest BCUT2D eigenvalue weighted by atomic mass is 10.0. The van der Waals surface area contributed by atoms with Crippen molar-refractivity contribution >= 4 is 29.0 Å². The van der Waals surface area contributed by atoms with E-state index >= 15 is 0 Å². The van der Waals surface area contributed by atoms with Crippen LogP contribution in [0, 0.1) is 0 Å². The maximum Gasteiger partial charge on any atom is 0.255 e. The van der Waals surface area contributed by atoms with E-state index in [1.54, 1.807) is 25.4 Å². The molecule has 7 nitrogen and oxygen atoms in total. The topological polar surface area (TPSA) is 84.2 Å². The molecule has 31 heavy (non-hydrogen) atoms. The summed E-state index contributed by atoms with van der Waals surface area (Å²) in [6.45, 7) is 1.64. The summed E-state index contributed by atoms with van der Waals surface area (Å²) < 4.78 is 2.15. The first-order valence-electron chi connectivity index (χ1n) is 9.87. The van der Waals surface area contributed by atoms with Gasteiger partial charge in [0.25, 0.3) is 5.91 Å². The SMILES string of the molecule is CN=c1ncc2cc(-c3ccc(C(=O)Nc4ccccc4Cl)cc3)c3n(c-2n1)CCN3. The molecular formula is C23H19ClN6O. The number of nitrogens with one attached hydrogen (secondary N) is 2. The van der Waals surface area contributed by atoms with E-state index in [9.17, 15) is 4.79 Å². The summed E-state index contributed by atoms with van der Waals surface area (Å²) >= 11 is 6.14. The highest BCUT2D eigenvalue weighted by Gasteiger charge is 2.22. The lowest BCUT2D eigenvalue weighted by Crippen LogP contribution is -2.17. The Morgan fingerprint density at radius 2 is 1.97 bits per heavy atom. The van der Waals surface area contributed by atoms with Crippen LogP contribution in [0.5, 0.6) is 0 Å². The largest absolute Gasteiger partial charge is 0.369 e. The Labute approximate surface area is 183 Å². The van der Waals surface area contributed by atoms with E-state index in [4.69, 9.17) is 11.6 Å². The smallest absolute Gasteiger partial charge is 0.255 e. The van der Waals surface area contributed by atoms with E-state index in [1.165, 1.54) is 0 Å². The average Bonchev–Trinajstić information content (AvgIpc) is 3.30. The minimum absolute atomic E-state index is 0.208. The number of para-hydroxylation sites is 1. The fourth-order valence-corrected chi connectivity index (χ4v) is 3.93. The number of hydrogen-bond acceptors (Lipinski definition) is 5. The number of carbonyl (C=O) groups is 1. The molecule has 3 aliphatic rings. The van der Waals surface area contributed by atoms with Crippen LogP contribution >= 0.6 is 11.6 Å². The summed E-state index contributed by atoms with van der Waals surface area (Å²) in [5, 5.41) is 6.80. The number of carbonyl (C=O) groups excluding carboxylic acids is 1. The molecular weight excluding hydrogens is 412 g/mol. The van der Waals surface area contributed by atoms with Crippen LogP contribution in [0.1, 0.15) is 10.4 Å². The van der Waals surface area contributed by atoms with Crippen molar-refractivity contribution in [2.45, 2.75) is 6.54 Å². The Hall–Kier alpha value is -3.71. The molecule has 2 aromatic rings. The first-order valence-corrected chi connectivity index (χ1v) is 10.3. The third kappa shape index (κ3) is 3.53. The van der Waals surface area contributed by atoms with Crippen LogP contribution in [0.25, 0.3) is 22.5 Å². The molecule has 0 aliphatic carbocycles. The molecule has 0 atom stereocenters. The fraction of sp³-hybridized carbons (Fsp3) is 0.130. The number of pyridine rings is 1. The molecule has 0 radical (unpaired) electrons. The molecule has 0 spiro atoms. The van der Waals surface area contributed by atoms with Crippen LogP contribution in [-0.4, -0.2) is 34.0 Å². The van der Waals surface area contributed by atoms with Gasteiger partial charge in [0.1, 0.15) is 11.6 Å². The van der Waals surface area contributed by atoms with Crippen molar-refractivity contribution in [3.8, 4) is 22.5 Å². The zero-order valence-electron chi connectivity index (χ0n) is 16.8. The van der Waals surface area contributed by atoms with Gasteiger partial charge in [0.05, 0.1) is 10.7 Å². The zero-order valence-corrected chi connectivity index (χ0v) is 17.5. The Kier molecular flexibility index (Phi) is 4.88. The molecule has 2 N–H and O–H groups in total. The van der Waals surface area contributed by atoms with Crippen molar-refractivity contribution < 1.29 is 4.79 Å². The molecule has 154 valence electrons. The number of rotatable bonds is 3. The fourth-order valence-electron chi connectivity index (χ4n) is 3.75. The van der Waals surface area contributed by atoms with Crippen LogP contribution in [0.15, 0.2) is 65.8 Å². The van der Waals surface area contributed by atoms with E-state index in [0.717, 1.165) is 41.4 Å². The molecule has 5 rings (SSSR count). The summed E-state index contributed by atoms with van der Waals surface area (Å²) in [6, 6.07) is 16.8. The number of anilines is 2. The van der Waals surface area contributed by atoms with Crippen molar-refractivity contribution in [3.63, 3.8) is 0 Å². The van der Waals surface area contributed by atoms with Gasteiger partial charge in [-0.15, -0.1) is 0 Å². The first kappa shape index (κ1) is 19.3. The Bertz CT molecular complexity index is 1330. The Balaban J connectivity index is 1.50. The molecule has 8 heteroatoms. The van der Waals surface area contributed by atoms with Gasteiger partial charge >= 0.3 is 0 Å². The summed E-state index contributed by atoms with van der Waals surface area (Å²) in [5.41, 5.74) is 4.58. The van der Waals surface area contributed by atoms with Crippen LogP contribution in [-0.2, 0) is 6.54 Å². The summed E-state index contributed by atoms with van der Waals surface area (Å²) in [6.07, 6.45) is 1.80. The van der Waals surface area contributed by atoms with E-state index in [1.807, 2.05) is 36.4 Å². The molecule has 3 heterocycles. The highest BCUT2D eigenvalue weighted by molar-refractivity contribution is 6.33. The number of halogens is 1. The van der Waals surface area contributed by atoms with Crippen LogP contribution < -0.4 is 16.3 Å². The summed E-state index contributed by atoms with van der Waals surface area (Å²) in [5.74, 6) is 1.65. The molecule has 0 aromatic heterocycles. The molecule has 0 saturated heterocycles. The average molecular weight is 431 g/mol. The quantitative estimate of drug-likeness (QED) is 0.516. The molecule has 0 fully saturated rings. The molecule has 1 amide bonds. The second-order valence-corrected chi connectivity index (χ2v) is 7.58. The summed E-state index contributed by atoms with van der Waals surface area (Å²) in [4.78, 5) is 25.6. The zero-order chi connectivity index (χ0) is 21.4. The van der Waals surface area contributed by atoms with Gasteiger partial charge in [0.2, 0.25) is 5.62 Å². The van der Waals surface area contributed by atoms with Gasteiger partial charge in [-0.25, -0.2) is 4.98 Å². The maximum atomic E-state index is 12.6. The minimum atomic E-state index is -0.208. The second kappa shape index (κ2) is 7.85. The minimum Gasteiger partial charge on any atom is -0.369 e. The monoisotopic (exact) mass is 430 g/mol. The van der Waals surface area contributed by atoms with Gasteiger partial charge in [-0.05, 0) is 35.9 Å². The Morgan fingerprint density at radius 1 is 1.16 bits per heavy atom. The highest BCUT2D eigenvalue weighted by Crippen LogP contribution is 2.36. The van der Waals surface area contributed by atoms with Gasteiger partial charge in [-0.3, -0.25) is 9.79 Å². The van der Waals surface area contributed by atoms with Gasteiger partial charge in [-0.1, -0.05) is 35.9 Å².